The number of benzene rings is 1. The SMILES string of the molecule is CCCS(=O)(=O)Oc1coc2ccccc12. The van der Waals surface area contributed by atoms with Crippen molar-refractivity contribution in [1.82, 2.24) is 0 Å². The van der Waals surface area contributed by atoms with Gasteiger partial charge in [0.15, 0.2) is 5.75 Å². The van der Waals surface area contributed by atoms with E-state index in [-0.39, 0.29) is 11.5 Å². The summed E-state index contributed by atoms with van der Waals surface area (Å²) < 4.78 is 33.1. The van der Waals surface area contributed by atoms with Crippen molar-refractivity contribution in [1.29, 1.82) is 0 Å². The molecule has 2 rings (SSSR count). The third kappa shape index (κ3) is 2.19. The summed E-state index contributed by atoms with van der Waals surface area (Å²) in [6, 6.07) is 7.14. The second-order valence-corrected chi connectivity index (χ2v) is 5.13. The Labute approximate surface area is 94.0 Å². The molecular weight excluding hydrogens is 228 g/mol. The Kier molecular flexibility index (Phi) is 2.87. The first kappa shape index (κ1) is 11.0. The van der Waals surface area contributed by atoms with Gasteiger partial charge in [-0.15, -0.1) is 0 Å². The molecule has 1 heterocycles. The third-order valence-electron chi connectivity index (χ3n) is 2.12. The van der Waals surface area contributed by atoms with Crippen LogP contribution in [0.4, 0.5) is 0 Å². The lowest BCUT2D eigenvalue weighted by Crippen LogP contribution is -2.12. The molecule has 16 heavy (non-hydrogen) atoms. The van der Waals surface area contributed by atoms with Gasteiger partial charge in [0, 0.05) is 0 Å². The van der Waals surface area contributed by atoms with Crippen molar-refractivity contribution >= 4 is 21.1 Å². The van der Waals surface area contributed by atoms with Crippen LogP contribution in [0.1, 0.15) is 13.3 Å². The maximum atomic E-state index is 11.5. The van der Waals surface area contributed by atoms with Crippen LogP contribution in [0, 0.1) is 0 Å². The fourth-order valence-corrected chi connectivity index (χ4v) is 2.43. The third-order valence-corrected chi connectivity index (χ3v) is 3.46. The van der Waals surface area contributed by atoms with Crippen molar-refractivity contribution in [2.75, 3.05) is 5.75 Å². The molecule has 86 valence electrons. The van der Waals surface area contributed by atoms with E-state index in [4.69, 9.17) is 8.60 Å². The Morgan fingerprint density at radius 2 is 2.06 bits per heavy atom. The molecule has 0 aliphatic carbocycles. The molecule has 0 fully saturated rings. The van der Waals surface area contributed by atoms with Crippen LogP contribution in [0.25, 0.3) is 11.0 Å². The molecule has 0 saturated carbocycles. The second-order valence-electron chi connectivity index (χ2n) is 3.44. The predicted molar refractivity (Wildman–Crippen MR) is 60.9 cm³/mol. The zero-order valence-electron chi connectivity index (χ0n) is 8.84. The van der Waals surface area contributed by atoms with Crippen LogP contribution >= 0.6 is 0 Å². The van der Waals surface area contributed by atoms with Gasteiger partial charge in [-0.3, -0.25) is 0 Å². The van der Waals surface area contributed by atoms with Gasteiger partial charge in [-0.25, -0.2) is 0 Å². The van der Waals surface area contributed by atoms with Crippen LogP contribution < -0.4 is 4.18 Å². The van der Waals surface area contributed by atoms with Crippen LogP contribution in [0.5, 0.6) is 5.75 Å². The summed E-state index contributed by atoms with van der Waals surface area (Å²) >= 11 is 0. The minimum Gasteiger partial charge on any atom is -0.460 e. The summed E-state index contributed by atoms with van der Waals surface area (Å²) in [5.74, 6) is 0.260. The highest BCUT2D eigenvalue weighted by Gasteiger charge is 2.15. The van der Waals surface area contributed by atoms with Gasteiger partial charge in [0.05, 0.1) is 11.1 Å². The van der Waals surface area contributed by atoms with E-state index in [1.165, 1.54) is 6.26 Å². The summed E-state index contributed by atoms with van der Waals surface area (Å²) in [5.41, 5.74) is 0.615. The average Bonchev–Trinajstić information content (AvgIpc) is 2.61. The molecule has 0 bridgehead atoms. The van der Waals surface area contributed by atoms with Crippen molar-refractivity contribution in [3.63, 3.8) is 0 Å². The van der Waals surface area contributed by atoms with E-state index >= 15 is 0 Å². The van der Waals surface area contributed by atoms with E-state index in [1.54, 1.807) is 25.1 Å². The number of para-hydroxylation sites is 1. The first-order valence-electron chi connectivity index (χ1n) is 5.01. The van der Waals surface area contributed by atoms with Gasteiger partial charge in [0.1, 0.15) is 11.8 Å². The molecule has 0 unspecified atom stereocenters. The highest BCUT2D eigenvalue weighted by atomic mass is 32.2. The first-order chi connectivity index (χ1) is 7.62. The highest BCUT2D eigenvalue weighted by molar-refractivity contribution is 7.87. The molecule has 1 aromatic carbocycles. The molecule has 0 aliphatic heterocycles. The minimum absolute atomic E-state index is 0.00646. The number of fused-ring (bicyclic) bond motifs is 1. The lowest BCUT2D eigenvalue weighted by molar-refractivity contribution is 0.479. The van der Waals surface area contributed by atoms with Gasteiger partial charge in [0.2, 0.25) is 0 Å². The fraction of sp³-hybridized carbons (Fsp3) is 0.273. The van der Waals surface area contributed by atoms with Crippen LogP contribution in [-0.2, 0) is 10.1 Å². The largest absolute Gasteiger partial charge is 0.460 e. The van der Waals surface area contributed by atoms with Crippen LogP contribution in [0.3, 0.4) is 0 Å². The Morgan fingerprint density at radius 3 is 2.81 bits per heavy atom. The number of rotatable bonds is 4. The summed E-state index contributed by atoms with van der Waals surface area (Å²) in [7, 11) is -3.51. The average molecular weight is 240 g/mol. The minimum atomic E-state index is -3.51. The smallest absolute Gasteiger partial charge is 0.309 e. The number of furan rings is 1. The number of hydrogen-bond donors (Lipinski definition) is 0. The number of hydrogen-bond acceptors (Lipinski definition) is 4. The Balaban J connectivity index is 2.35. The van der Waals surface area contributed by atoms with Crippen molar-refractivity contribution in [3.8, 4) is 5.75 Å². The fourth-order valence-electron chi connectivity index (χ4n) is 1.45. The first-order valence-corrected chi connectivity index (χ1v) is 6.58. The quantitative estimate of drug-likeness (QED) is 0.771. The Morgan fingerprint density at radius 1 is 1.31 bits per heavy atom. The molecule has 2 aromatic rings. The Hall–Kier alpha value is -1.49. The second kappa shape index (κ2) is 4.17. The van der Waals surface area contributed by atoms with Gasteiger partial charge >= 0.3 is 10.1 Å². The van der Waals surface area contributed by atoms with E-state index in [0.29, 0.717) is 17.4 Å². The van der Waals surface area contributed by atoms with E-state index in [9.17, 15) is 8.42 Å². The molecule has 0 aliphatic rings. The summed E-state index contributed by atoms with van der Waals surface area (Å²) in [6.45, 7) is 1.79. The van der Waals surface area contributed by atoms with Crippen molar-refractivity contribution in [3.05, 3.63) is 30.5 Å². The molecule has 0 amide bonds. The van der Waals surface area contributed by atoms with Gasteiger partial charge in [-0.2, -0.15) is 8.42 Å². The van der Waals surface area contributed by atoms with E-state index < -0.39 is 10.1 Å². The van der Waals surface area contributed by atoms with E-state index in [2.05, 4.69) is 0 Å². The lowest BCUT2D eigenvalue weighted by atomic mass is 10.2. The van der Waals surface area contributed by atoms with Gasteiger partial charge in [0.25, 0.3) is 0 Å². The van der Waals surface area contributed by atoms with E-state index in [1.807, 2.05) is 6.07 Å². The molecule has 0 N–H and O–H groups in total. The summed E-state index contributed by atoms with van der Waals surface area (Å²) in [5, 5.41) is 0.669. The molecule has 5 heteroatoms. The highest BCUT2D eigenvalue weighted by Crippen LogP contribution is 2.28. The molecule has 1 aromatic heterocycles. The molecule has 4 nitrogen and oxygen atoms in total. The molecule has 0 radical (unpaired) electrons. The van der Waals surface area contributed by atoms with Crippen molar-refractivity contribution in [2.45, 2.75) is 13.3 Å². The standard InChI is InChI=1S/C11H12O4S/c1-2-7-16(12,13)15-11-8-14-10-6-4-3-5-9(10)11/h3-6,8H,2,7H2,1H3. The summed E-state index contributed by atoms with van der Waals surface area (Å²) in [4.78, 5) is 0. The molecule has 0 atom stereocenters. The van der Waals surface area contributed by atoms with Gasteiger partial charge in [-0.05, 0) is 18.6 Å². The normalized spacial score (nSPS) is 11.8. The van der Waals surface area contributed by atoms with Crippen LogP contribution in [0.2, 0.25) is 0 Å². The maximum absolute atomic E-state index is 11.5. The zero-order chi connectivity index (χ0) is 11.6. The van der Waals surface area contributed by atoms with Gasteiger partial charge < -0.3 is 8.60 Å². The van der Waals surface area contributed by atoms with E-state index in [0.717, 1.165) is 0 Å². The van der Waals surface area contributed by atoms with Crippen LogP contribution in [-0.4, -0.2) is 14.2 Å². The summed E-state index contributed by atoms with van der Waals surface area (Å²) in [6.07, 6.45) is 1.84. The molecule has 0 spiro atoms. The predicted octanol–water partition coefficient (Wildman–Crippen LogP) is 2.55. The van der Waals surface area contributed by atoms with Crippen molar-refractivity contribution < 1.29 is 17.0 Å². The molecule has 0 saturated heterocycles. The van der Waals surface area contributed by atoms with Gasteiger partial charge in [-0.1, -0.05) is 19.1 Å². The van der Waals surface area contributed by atoms with Crippen LogP contribution in [0.15, 0.2) is 34.9 Å². The topological polar surface area (TPSA) is 56.5 Å². The zero-order valence-corrected chi connectivity index (χ0v) is 9.66. The lowest BCUT2D eigenvalue weighted by Gasteiger charge is -2.02. The Bertz CT molecular complexity index is 583. The maximum Gasteiger partial charge on any atom is 0.309 e. The molecular formula is C11H12O4S. The van der Waals surface area contributed by atoms with Crippen molar-refractivity contribution in [2.24, 2.45) is 0 Å². The monoisotopic (exact) mass is 240 g/mol.